The monoisotopic (exact) mass is 250 g/mol. The molecule has 0 aliphatic carbocycles. The lowest BCUT2D eigenvalue weighted by Gasteiger charge is -2.08. The molecule has 0 saturated heterocycles. The highest BCUT2D eigenvalue weighted by Crippen LogP contribution is 2.11. The zero-order chi connectivity index (χ0) is 13.0. The van der Waals surface area contributed by atoms with Gasteiger partial charge in [0.2, 0.25) is 0 Å². The van der Waals surface area contributed by atoms with E-state index in [1.807, 2.05) is 0 Å². The molecule has 0 bridgehead atoms. The van der Waals surface area contributed by atoms with Gasteiger partial charge in [0.05, 0.1) is 6.54 Å². The van der Waals surface area contributed by atoms with Crippen molar-refractivity contribution in [3.63, 3.8) is 0 Å². The summed E-state index contributed by atoms with van der Waals surface area (Å²) in [6.45, 7) is 0.904. The number of nitrogens with zero attached hydrogens (tertiary/aromatic N) is 2. The summed E-state index contributed by atoms with van der Waals surface area (Å²) in [5.74, 6) is -0.370. The molecule has 0 aliphatic heterocycles. The van der Waals surface area contributed by atoms with Gasteiger partial charge >= 0.3 is 7.12 Å². The summed E-state index contributed by atoms with van der Waals surface area (Å²) in [6, 6.07) is 5.69. The predicted molar refractivity (Wildman–Crippen MR) is 63.9 cm³/mol. The minimum atomic E-state index is -1.82. The summed E-state index contributed by atoms with van der Waals surface area (Å²) in [5, 5.41) is 21.7. The fraction of sp³-hybridized carbons (Fsp3) is 0.182. The molecule has 2 N–H and O–H groups in total. The number of benzene rings is 1. The van der Waals surface area contributed by atoms with Gasteiger partial charge in [-0.15, -0.1) is 0 Å². The molecule has 0 amide bonds. The van der Waals surface area contributed by atoms with Crippen molar-refractivity contribution < 1.29 is 19.2 Å². The van der Waals surface area contributed by atoms with Crippen molar-refractivity contribution in [3.8, 4) is 5.75 Å². The molecule has 0 aliphatic rings. The molecular formula is C11H12BFN2O3. The smallest absolute Gasteiger partial charge is 0.491 e. The fourth-order valence-corrected chi connectivity index (χ4v) is 1.50. The zero-order valence-electron chi connectivity index (χ0n) is 9.53. The second-order valence-corrected chi connectivity index (χ2v) is 3.67. The molecule has 94 valence electrons. The van der Waals surface area contributed by atoms with Gasteiger partial charge in [0.1, 0.15) is 18.2 Å². The molecule has 18 heavy (non-hydrogen) atoms. The highest BCUT2D eigenvalue weighted by molar-refractivity contribution is 6.58. The molecule has 7 heteroatoms. The molecule has 0 spiro atoms. The van der Waals surface area contributed by atoms with E-state index in [1.165, 1.54) is 12.1 Å². The van der Waals surface area contributed by atoms with Crippen LogP contribution in [0.1, 0.15) is 0 Å². The van der Waals surface area contributed by atoms with Crippen LogP contribution in [0.2, 0.25) is 0 Å². The Kier molecular flexibility index (Phi) is 3.96. The van der Waals surface area contributed by atoms with Crippen LogP contribution in [0.15, 0.2) is 36.7 Å². The molecule has 5 nitrogen and oxygen atoms in total. The number of hydrogen-bond acceptors (Lipinski definition) is 4. The lowest BCUT2D eigenvalue weighted by atomic mass is 9.80. The van der Waals surface area contributed by atoms with Crippen molar-refractivity contribution in [1.29, 1.82) is 0 Å². The maximum absolute atomic E-state index is 13.4. The molecule has 0 atom stereocenters. The SMILES string of the molecule is OB(O)c1ccc(OCCn2cccn2)cc1F. The summed E-state index contributed by atoms with van der Waals surface area (Å²) in [4.78, 5) is 0. The average molecular weight is 250 g/mol. The van der Waals surface area contributed by atoms with Crippen LogP contribution in [0, 0.1) is 5.82 Å². The number of hydrogen-bond donors (Lipinski definition) is 2. The third-order valence-electron chi connectivity index (χ3n) is 2.40. The Bertz CT molecular complexity index is 505. The van der Waals surface area contributed by atoms with E-state index in [-0.39, 0.29) is 5.46 Å². The first-order chi connectivity index (χ1) is 8.66. The fourth-order valence-electron chi connectivity index (χ4n) is 1.50. The molecule has 2 rings (SSSR count). The number of halogens is 1. The van der Waals surface area contributed by atoms with Gasteiger partial charge in [-0.05, 0) is 12.1 Å². The van der Waals surface area contributed by atoms with E-state index in [0.717, 1.165) is 6.07 Å². The van der Waals surface area contributed by atoms with Crippen LogP contribution in [-0.4, -0.2) is 33.6 Å². The van der Waals surface area contributed by atoms with Gasteiger partial charge in [-0.3, -0.25) is 4.68 Å². The van der Waals surface area contributed by atoms with E-state index < -0.39 is 12.9 Å². The van der Waals surface area contributed by atoms with Crippen molar-refractivity contribution in [2.45, 2.75) is 6.54 Å². The van der Waals surface area contributed by atoms with Crippen molar-refractivity contribution in [2.24, 2.45) is 0 Å². The summed E-state index contributed by atoms with van der Waals surface area (Å²) in [7, 11) is -1.82. The Morgan fingerprint density at radius 2 is 2.22 bits per heavy atom. The van der Waals surface area contributed by atoms with Crippen molar-refractivity contribution in [1.82, 2.24) is 9.78 Å². The Balaban J connectivity index is 1.92. The predicted octanol–water partition coefficient (Wildman–Crippen LogP) is -0.219. The van der Waals surface area contributed by atoms with Gasteiger partial charge in [0.25, 0.3) is 0 Å². The van der Waals surface area contributed by atoms with E-state index in [4.69, 9.17) is 14.8 Å². The Hall–Kier alpha value is -1.86. The minimum Gasteiger partial charge on any atom is -0.492 e. The lowest BCUT2D eigenvalue weighted by molar-refractivity contribution is 0.290. The Morgan fingerprint density at radius 3 is 2.83 bits per heavy atom. The first-order valence-electron chi connectivity index (χ1n) is 5.42. The Labute approximate surface area is 104 Å². The highest BCUT2D eigenvalue weighted by Gasteiger charge is 2.16. The van der Waals surface area contributed by atoms with Gasteiger partial charge < -0.3 is 14.8 Å². The van der Waals surface area contributed by atoms with Gasteiger partial charge in [-0.25, -0.2) is 4.39 Å². The third-order valence-corrected chi connectivity index (χ3v) is 2.40. The first-order valence-corrected chi connectivity index (χ1v) is 5.42. The van der Waals surface area contributed by atoms with Gasteiger partial charge in [0.15, 0.2) is 0 Å². The Morgan fingerprint density at radius 1 is 1.39 bits per heavy atom. The van der Waals surface area contributed by atoms with Gasteiger partial charge in [-0.1, -0.05) is 6.07 Å². The quantitative estimate of drug-likeness (QED) is 0.720. The van der Waals surface area contributed by atoms with E-state index in [0.29, 0.717) is 18.9 Å². The molecule has 0 saturated carbocycles. The second-order valence-electron chi connectivity index (χ2n) is 3.67. The van der Waals surface area contributed by atoms with Crippen LogP contribution in [-0.2, 0) is 6.54 Å². The molecule has 0 radical (unpaired) electrons. The maximum Gasteiger partial charge on any atom is 0.491 e. The van der Waals surface area contributed by atoms with Gasteiger partial charge in [-0.2, -0.15) is 5.10 Å². The van der Waals surface area contributed by atoms with Crippen LogP contribution in [0.25, 0.3) is 0 Å². The largest absolute Gasteiger partial charge is 0.492 e. The highest BCUT2D eigenvalue weighted by atomic mass is 19.1. The lowest BCUT2D eigenvalue weighted by Crippen LogP contribution is -2.32. The van der Waals surface area contributed by atoms with Crippen LogP contribution in [0.3, 0.4) is 0 Å². The second kappa shape index (κ2) is 5.66. The van der Waals surface area contributed by atoms with Crippen LogP contribution in [0.4, 0.5) is 4.39 Å². The van der Waals surface area contributed by atoms with Crippen molar-refractivity contribution in [3.05, 3.63) is 42.5 Å². The standard InChI is InChI=1S/C11H12BFN2O3/c13-11-8-9(2-3-10(11)12(16)17)18-7-6-15-5-1-4-14-15/h1-5,8,16-17H,6-7H2. The molecule has 0 fully saturated rings. The number of rotatable bonds is 5. The molecule has 1 aromatic carbocycles. The van der Waals surface area contributed by atoms with Gasteiger partial charge in [0, 0.05) is 23.9 Å². The maximum atomic E-state index is 13.4. The van der Waals surface area contributed by atoms with Crippen LogP contribution >= 0.6 is 0 Å². The summed E-state index contributed by atoms with van der Waals surface area (Å²) in [6.07, 6.45) is 3.46. The van der Waals surface area contributed by atoms with Crippen LogP contribution in [0.5, 0.6) is 5.75 Å². The molecule has 0 unspecified atom stereocenters. The average Bonchev–Trinajstić information content (AvgIpc) is 2.81. The topological polar surface area (TPSA) is 67.5 Å². The molecule has 1 heterocycles. The van der Waals surface area contributed by atoms with E-state index in [1.54, 1.807) is 23.1 Å². The molecule has 2 aromatic rings. The third kappa shape index (κ3) is 3.09. The normalized spacial score (nSPS) is 10.4. The van der Waals surface area contributed by atoms with E-state index in [2.05, 4.69) is 5.10 Å². The van der Waals surface area contributed by atoms with Crippen molar-refractivity contribution >= 4 is 12.6 Å². The van der Waals surface area contributed by atoms with Crippen molar-refractivity contribution in [2.75, 3.05) is 6.61 Å². The summed E-state index contributed by atoms with van der Waals surface area (Å²) in [5.41, 5.74) is -0.172. The molecular weight excluding hydrogens is 238 g/mol. The summed E-state index contributed by atoms with van der Waals surface area (Å²) < 4.78 is 20.4. The molecule has 1 aromatic heterocycles. The van der Waals surface area contributed by atoms with E-state index >= 15 is 0 Å². The zero-order valence-corrected chi connectivity index (χ0v) is 9.53. The number of ether oxygens (including phenoxy) is 1. The summed E-state index contributed by atoms with van der Waals surface area (Å²) >= 11 is 0. The number of aromatic nitrogens is 2. The first kappa shape index (κ1) is 12.6. The minimum absolute atomic E-state index is 0.172. The van der Waals surface area contributed by atoms with E-state index in [9.17, 15) is 4.39 Å². The van der Waals surface area contributed by atoms with Crippen LogP contribution < -0.4 is 10.2 Å².